The molecule has 0 aromatic heterocycles. The number of Topliss-reactive ketones (excluding diaryl/α,β-unsaturated/α-hetero) is 2. The van der Waals surface area contributed by atoms with Crippen LogP contribution < -0.4 is 4.74 Å². The molecule has 0 N–H and O–H groups in total. The second-order valence-electron chi connectivity index (χ2n) is 6.81. The molecule has 1 heterocycles. The van der Waals surface area contributed by atoms with E-state index in [1.165, 1.54) is 0 Å². The maximum absolute atomic E-state index is 13.0. The summed E-state index contributed by atoms with van der Waals surface area (Å²) >= 11 is 3.40. The van der Waals surface area contributed by atoms with E-state index in [0.29, 0.717) is 5.75 Å². The number of fused-ring (bicyclic) bond motifs is 1. The third-order valence-electron chi connectivity index (χ3n) is 4.94. The molecule has 1 unspecified atom stereocenters. The Bertz CT molecular complexity index is 1020. The van der Waals surface area contributed by atoms with Gasteiger partial charge in [-0.25, -0.2) is 0 Å². The van der Waals surface area contributed by atoms with Crippen LogP contribution in [0.2, 0.25) is 0 Å². The standard InChI is InChI=1S/C21H16BrNO5/c22-13-4-1-3-12(9-13)11-28-18-6-2-5-15-19(18)21(27)23(20(15)26)16-8-7-14(24)10-17(16)25/h1-6,9,16H,7-8,10-11H2. The molecule has 0 bridgehead atoms. The van der Waals surface area contributed by atoms with Crippen LogP contribution in [0.3, 0.4) is 0 Å². The number of halogens is 1. The van der Waals surface area contributed by atoms with E-state index in [2.05, 4.69) is 15.9 Å². The molecule has 1 atom stereocenters. The maximum Gasteiger partial charge on any atom is 0.266 e. The second kappa shape index (κ2) is 7.31. The van der Waals surface area contributed by atoms with Gasteiger partial charge in [0.25, 0.3) is 11.8 Å². The van der Waals surface area contributed by atoms with Crippen LogP contribution in [-0.2, 0) is 16.2 Å². The molecule has 1 saturated carbocycles. The Hall–Kier alpha value is -2.80. The van der Waals surface area contributed by atoms with Gasteiger partial charge in [0.2, 0.25) is 0 Å². The summed E-state index contributed by atoms with van der Waals surface area (Å²) in [6.45, 7) is 0.230. The Morgan fingerprint density at radius 2 is 1.82 bits per heavy atom. The number of ether oxygens (including phenoxy) is 1. The molecule has 142 valence electrons. The predicted molar refractivity (Wildman–Crippen MR) is 103 cm³/mol. The maximum atomic E-state index is 13.0. The van der Waals surface area contributed by atoms with Gasteiger partial charge in [0, 0.05) is 10.9 Å². The van der Waals surface area contributed by atoms with Crippen molar-refractivity contribution in [2.45, 2.75) is 31.9 Å². The van der Waals surface area contributed by atoms with Crippen molar-refractivity contribution in [2.24, 2.45) is 0 Å². The van der Waals surface area contributed by atoms with Crippen molar-refractivity contribution in [1.82, 2.24) is 4.90 Å². The van der Waals surface area contributed by atoms with Crippen molar-refractivity contribution >= 4 is 39.3 Å². The third kappa shape index (κ3) is 3.26. The summed E-state index contributed by atoms with van der Waals surface area (Å²) in [5.74, 6) is -1.30. The van der Waals surface area contributed by atoms with Crippen LogP contribution in [0.5, 0.6) is 5.75 Å². The van der Waals surface area contributed by atoms with Crippen molar-refractivity contribution in [3.63, 3.8) is 0 Å². The number of hydrogen-bond donors (Lipinski definition) is 0. The molecule has 6 nitrogen and oxygen atoms in total. The van der Waals surface area contributed by atoms with Gasteiger partial charge in [0.15, 0.2) is 5.78 Å². The molecule has 28 heavy (non-hydrogen) atoms. The van der Waals surface area contributed by atoms with Gasteiger partial charge in [0.05, 0.1) is 23.6 Å². The van der Waals surface area contributed by atoms with E-state index in [-0.39, 0.29) is 48.6 Å². The van der Waals surface area contributed by atoms with Gasteiger partial charge in [-0.1, -0.05) is 34.1 Å². The molecular formula is C21H16BrNO5. The van der Waals surface area contributed by atoms with Crippen LogP contribution in [0, 0.1) is 0 Å². The Labute approximate surface area is 169 Å². The van der Waals surface area contributed by atoms with Gasteiger partial charge < -0.3 is 4.74 Å². The number of carbonyl (C=O) groups is 4. The summed E-state index contributed by atoms with van der Waals surface area (Å²) in [6, 6.07) is 11.5. The minimum absolute atomic E-state index is 0.157. The lowest BCUT2D eigenvalue weighted by atomic mass is 9.92. The van der Waals surface area contributed by atoms with E-state index >= 15 is 0 Å². The highest BCUT2D eigenvalue weighted by molar-refractivity contribution is 9.10. The van der Waals surface area contributed by atoms with Crippen molar-refractivity contribution in [2.75, 3.05) is 0 Å². The molecule has 1 fully saturated rings. The van der Waals surface area contributed by atoms with Crippen molar-refractivity contribution in [3.05, 3.63) is 63.6 Å². The normalized spacial score (nSPS) is 19.2. The number of carbonyl (C=O) groups excluding carboxylic acids is 4. The van der Waals surface area contributed by atoms with Crippen molar-refractivity contribution < 1.29 is 23.9 Å². The van der Waals surface area contributed by atoms with Gasteiger partial charge in [-0.2, -0.15) is 0 Å². The summed E-state index contributed by atoms with van der Waals surface area (Å²) in [5, 5.41) is 0. The average Bonchev–Trinajstić information content (AvgIpc) is 2.92. The van der Waals surface area contributed by atoms with E-state index in [0.717, 1.165) is 14.9 Å². The Kier molecular flexibility index (Phi) is 4.85. The monoisotopic (exact) mass is 441 g/mol. The largest absolute Gasteiger partial charge is 0.488 e. The number of amides is 2. The number of nitrogens with zero attached hydrogens (tertiary/aromatic N) is 1. The van der Waals surface area contributed by atoms with Gasteiger partial charge in [-0.05, 0) is 36.2 Å². The minimum Gasteiger partial charge on any atom is -0.488 e. The minimum atomic E-state index is -0.886. The predicted octanol–water partition coefficient (Wildman–Crippen LogP) is 3.31. The molecule has 0 spiro atoms. The zero-order chi connectivity index (χ0) is 19.8. The molecule has 0 radical (unpaired) electrons. The summed E-state index contributed by atoms with van der Waals surface area (Å²) in [7, 11) is 0. The molecule has 1 aliphatic carbocycles. The summed E-state index contributed by atoms with van der Waals surface area (Å²) in [6.07, 6.45) is 0.137. The van der Waals surface area contributed by atoms with Crippen LogP contribution in [0.15, 0.2) is 46.9 Å². The van der Waals surface area contributed by atoms with Crippen LogP contribution in [0.25, 0.3) is 0 Å². The molecule has 1 aliphatic heterocycles. The zero-order valence-electron chi connectivity index (χ0n) is 14.8. The summed E-state index contributed by atoms with van der Waals surface area (Å²) in [5.41, 5.74) is 1.30. The first-order chi connectivity index (χ1) is 13.5. The molecule has 7 heteroatoms. The number of ketones is 2. The molecule has 2 aromatic carbocycles. The SMILES string of the molecule is O=C1CCC(N2C(=O)c3cccc(OCc4cccc(Br)c4)c3C2=O)C(=O)C1. The summed E-state index contributed by atoms with van der Waals surface area (Å²) in [4.78, 5) is 50.5. The fourth-order valence-electron chi connectivity index (χ4n) is 3.60. The van der Waals surface area contributed by atoms with Crippen molar-refractivity contribution in [1.29, 1.82) is 0 Å². The fourth-order valence-corrected chi connectivity index (χ4v) is 4.04. The summed E-state index contributed by atoms with van der Waals surface area (Å²) < 4.78 is 6.74. The molecule has 2 aromatic rings. The Balaban J connectivity index is 1.61. The highest BCUT2D eigenvalue weighted by atomic mass is 79.9. The van der Waals surface area contributed by atoms with Crippen LogP contribution in [-0.4, -0.2) is 34.3 Å². The topological polar surface area (TPSA) is 80.8 Å². The lowest BCUT2D eigenvalue weighted by Crippen LogP contribution is -2.47. The third-order valence-corrected chi connectivity index (χ3v) is 5.44. The van der Waals surface area contributed by atoms with Crippen molar-refractivity contribution in [3.8, 4) is 5.75 Å². The van der Waals surface area contributed by atoms with Gasteiger partial charge in [0.1, 0.15) is 18.1 Å². The second-order valence-corrected chi connectivity index (χ2v) is 7.73. The number of hydrogen-bond acceptors (Lipinski definition) is 5. The molecule has 2 amide bonds. The molecular weight excluding hydrogens is 426 g/mol. The van der Waals surface area contributed by atoms with E-state index < -0.39 is 17.9 Å². The zero-order valence-corrected chi connectivity index (χ0v) is 16.4. The highest BCUT2D eigenvalue weighted by Gasteiger charge is 2.45. The van der Waals surface area contributed by atoms with Crippen LogP contribution in [0.4, 0.5) is 0 Å². The molecule has 4 rings (SSSR count). The first-order valence-electron chi connectivity index (χ1n) is 8.88. The lowest BCUT2D eigenvalue weighted by Gasteiger charge is -2.27. The average molecular weight is 442 g/mol. The first-order valence-corrected chi connectivity index (χ1v) is 9.67. The van der Waals surface area contributed by atoms with E-state index in [4.69, 9.17) is 4.74 Å². The van der Waals surface area contributed by atoms with Crippen LogP contribution in [0.1, 0.15) is 45.5 Å². The highest BCUT2D eigenvalue weighted by Crippen LogP contribution is 2.34. The lowest BCUT2D eigenvalue weighted by molar-refractivity contribution is -0.132. The smallest absolute Gasteiger partial charge is 0.266 e. The van der Waals surface area contributed by atoms with Gasteiger partial charge in [-0.15, -0.1) is 0 Å². The Morgan fingerprint density at radius 1 is 1.04 bits per heavy atom. The van der Waals surface area contributed by atoms with E-state index in [1.807, 2.05) is 24.3 Å². The molecule has 0 saturated heterocycles. The van der Waals surface area contributed by atoms with Crippen LogP contribution >= 0.6 is 15.9 Å². The fraction of sp³-hybridized carbons (Fsp3) is 0.238. The van der Waals surface area contributed by atoms with Gasteiger partial charge in [-0.3, -0.25) is 24.1 Å². The van der Waals surface area contributed by atoms with E-state index in [1.54, 1.807) is 18.2 Å². The number of imide groups is 1. The first kappa shape index (κ1) is 18.6. The molecule has 2 aliphatic rings. The van der Waals surface area contributed by atoms with E-state index in [9.17, 15) is 19.2 Å². The van der Waals surface area contributed by atoms with Gasteiger partial charge >= 0.3 is 0 Å². The number of benzene rings is 2. The Morgan fingerprint density at radius 3 is 2.57 bits per heavy atom. The number of rotatable bonds is 4. The quantitative estimate of drug-likeness (QED) is 0.536.